The third-order valence-electron chi connectivity index (χ3n) is 3.92. The number of rotatable bonds is 8. The Balaban J connectivity index is 3.14. The van der Waals surface area contributed by atoms with E-state index in [9.17, 15) is 13.2 Å². The van der Waals surface area contributed by atoms with Crippen LogP contribution in [0.25, 0.3) is 0 Å². The molecule has 1 aromatic rings. The summed E-state index contributed by atoms with van der Waals surface area (Å²) >= 11 is 0. The maximum atomic E-state index is 13.1. The van der Waals surface area contributed by atoms with Crippen LogP contribution in [-0.4, -0.2) is 30.5 Å². The third-order valence-corrected chi connectivity index (χ3v) is 5.81. The summed E-state index contributed by atoms with van der Waals surface area (Å²) in [6, 6.07) is 5.92. The Morgan fingerprint density at radius 3 is 2.30 bits per heavy atom. The number of carbonyl (C=O) groups excluding carboxylic acids is 1. The number of hydrogen-bond acceptors (Lipinski definition) is 4. The van der Waals surface area contributed by atoms with Gasteiger partial charge in [0.15, 0.2) is 0 Å². The lowest BCUT2D eigenvalue weighted by Gasteiger charge is -2.30. The molecule has 1 aromatic carbocycles. The fourth-order valence-electron chi connectivity index (χ4n) is 2.47. The Morgan fingerprint density at radius 2 is 1.78 bits per heavy atom. The van der Waals surface area contributed by atoms with E-state index in [1.807, 2.05) is 19.1 Å². The molecule has 0 fully saturated rings. The van der Waals surface area contributed by atoms with Crippen molar-refractivity contribution in [3.63, 3.8) is 0 Å². The minimum atomic E-state index is -4.01. The first-order valence-corrected chi connectivity index (χ1v) is 10.9. The lowest BCUT2D eigenvalue weighted by atomic mass is 10.2. The smallest absolute Gasteiger partial charge is 0.424 e. The molecule has 0 saturated carbocycles. The first-order valence-electron chi connectivity index (χ1n) is 9.48. The first-order chi connectivity index (χ1) is 12.5. The summed E-state index contributed by atoms with van der Waals surface area (Å²) in [5, 5.41) is 0. The average Bonchev–Trinajstić information content (AvgIpc) is 2.53. The van der Waals surface area contributed by atoms with Crippen molar-refractivity contribution in [3.05, 3.63) is 42.0 Å². The van der Waals surface area contributed by atoms with E-state index >= 15 is 0 Å². The summed E-state index contributed by atoms with van der Waals surface area (Å²) < 4.78 is 32.5. The second kappa shape index (κ2) is 9.93. The molecule has 0 bridgehead atoms. The number of carbonyl (C=O) groups is 1. The molecule has 0 spiro atoms. The molecule has 0 aromatic heterocycles. The summed E-state index contributed by atoms with van der Waals surface area (Å²) in [4.78, 5) is 12.8. The maximum absolute atomic E-state index is 13.1. The van der Waals surface area contributed by atoms with Crippen molar-refractivity contribution in [1.29, 1.82) is 0 Å². The molecule has 0 heterocycles. The Labute approximate surface area is 164 Å². The van der Waals surface area contributed by atoms with Gasteiger partial charge in [0, 0.05) is 0 Å². The van der Waals surface area contributed by atoms with Crippen molar-refractivity contribution in [2.75, 3.05) is 0 Å². The highest BCUT2D eigenvalue weighted by atomic mass is 32.2. The summed E-state index contributed by atoms with van der Waals surface area (Å²) in [7, 11) is -4.01. The first kappa shape index (κ1) is 23.2. The topological polar surface area (TPSA) is 63.7 Å². The largest absolute Gasteiger partial charge is 0.443 e. The van der Waals surface area contributed by atoms with E-state index in [1.54, 1.807) is 39.8 Å². The van der Waals surface area contributed by atoms with Crippen LogP contribution in [-0.2, 0) is 14.8 Å². The van der Waals surface area contributed by atoms with E-state index in [0.29, 0.717) is 6.42 Å². The van der Waals surface area contributed by atoms with E-state index in [-0.39, 0.29) is 4.90 Å². The molecule has 152 valence electrons. The molecule has 0 aliphatic rings. The highest BCUT2D eigenvalue weighted by Crippen LogP contribution is 2.23. The maximum Gasteiger partial charge on any atom is 0.424 e. The van der Waals surface area contributed by atoms with Gasteiger partial charge in [0.1, 0.15) is 5.60 Å². The molecule has 0 aliphatic carbocycles. The van der Waals surface area contributed by atoms with Gasteiger partial charge in [0.05, 0.1) is 10.9 Å². The number of ether oxygens (including phenoxy) is 1. The minimum Gasteiger partial charge on any atom is -0.443 e. The van der Waals surface area contributed by atoms with E-state index in [2.05, 4.69) is 6.92 Å². The summed E-state index contributed by atoms with van der Waals surface area (Å²) in [6.45, 7) is 10.9. The van der Waals surface area contributed by atoms with Gasteiger partial charge in [-0.15, -0.1) is 0 Å². The van der Waals surface area contributed by atoms with E-state index in [0.717, 1.165) is 29.1 Å². The Hall–Kier alpha value is -1.82. The monoisotopic (exact) mass is 395 g/mol. The van der Waals surface area contributed by atoms with Gasteiger partial charge < -0.3 is 4.74 Å². The fraction of sp³-hybridized carbons (Fsp3) is 0.571. The Bertz CT molecular complexity index is 730. The number of unbranched alkanes of at least 4 members (excludes halogenated alkanes) is 2. The predicted molar refractivity (Wildman–Crippen MR) is 109 cm³/mol. The predicted octanol–water partition coefficient (Wildman–Crippen LogP) is 5.45. The molecule has 5 nitrogen and oxygen atoms in total. The molecular weight excluding hydrogens is 362 g/mol. The molecule has 6 heteroatoms. The van der Waals surface area contributed by atoms with Crippen LogP contribution in [0, 0.1) is 6.92 Å². The lowest BCUT2D eigenvalue weighted by Crippen LogP contribution is -2.45. The fourth-order valence-corrected chi connectivity index (χ4v) is 3.97. The van der Waals surface area contributed by atoms with E-state index in [4.69, 9.17) is 4.74 Å². The Kier molecular flexibility index (Phi) is 8.54. The number of hydrogen-bond donors (Lipinski definition) is 0. The van der Waals surface area contributed by atoms with Gasteiger partial charge >= 0.3 is 6.09 Å². The zero-order chi connectivity index (χ0) is 20.7. The molecule has 1 amide bonds. The normalized spacial score (nSPS) is 13.6. The second-order valence-corrected chi connectivity index (χ2v) is 9.61. The quantitative estimate of drug-likeness (QED) is 0.434. The van der Waals surface area contributed by atoms with Gasteiger partial charge in [0.25, 0.3) is 10.0 Å². The van der Waals surface area contributed by atoms with Gasteiger partial charge in [-0.2, -0.15) is 4.31 Å². The van der Waals surface area contributed by atoms with Crippen LogP contribution in [0.15, 0.2) is 41.3 Å². The third kappa shape index (κ3) is 7.37. The van der Waals surface area contributed by atoms with Crippen LogP contribution in [0.3, 0.4) is 0 Å². The van der Waals surface area contributed by atoms with E-state index in [1.165, 1.54) is 12.1 Å². The number of nitrogens with zero attached hydrogens (tertiary/aromatic N) is 1. The van der Waals surface area contributed by atoms with Crippen molar-refractivity contribution in [3.8, 4) is 0 Å². The van der Waals surface area contributed by atoms with Gasteiger partial charge in [-0.05, 0) is 59.6 Å². The molecule has 1 rings (SSSR count). The molecule has 0 aliphatic heterocycles. The zero-order valence-corrected chi connectivity index (χ0v) is 18.2. The van der Waals surface area contributed by atoms with Gasteiger partial charge in [0.2, 0.25) is 0 Å². The minimum absolute atomic E-state index is 0.0840. The number of sulfonamides is 1. The molecule has 1 unspecified atom stereocenters. The van der Waals surface area contributed by atoms with Crippen molar-refractivity contribution in [2.45, 2.75) is 83.8 Å². The van der Waals surface area contributed by atoms with Gasteiger partial charge in [-0.1, -0.05) is 49.6 Å². The molecular formula is C21H33NO4S. The number of amides is 1. The van der Waals surface area contributed by atoms with Crippen LogP contribution in [0.2, 0.25) is 0 Å². The van der Waals surface area contributed by atoms with Crippen LogP contribution in [0.1, 0.15) is 65.9 Å². The average molecular weight is 396 g/mol. The van der Waals surface area contributed by atoms with Gasteiger partial charge in [-0.25, -0.2) is 13.2 Å². The molecule has 1 atom stereocenters. The molecule has 27 heavy (non-hydrogen) atoms. The van der Waals surface area contributed by atoms with Crippen LogP contribution < -0.4 is 0 Å². The summed E-state index contributed by atoms with van der Waals surface area (Å²) in [6.07, 6.45) is 6.69. The summed E-state index contributed by atoms with van der Waals surface area (Å²) in [5.41, 5.74) is 0.166. The number of benzene rings is 1. The second-order valence-electron chi connectivity index (χ2n) is 7.79. The van der Waals surface area contributed by atoms with Crippen LogP contribution >= 0.6 is 0 Å². The number of allylic oxidation sites excluding steroid dienone is 1. The highest BCUT2D eigenvalue weighted by Gasteiger charge is 2.36. The molecule has 0 N–H and O–H groups in total. The molecule has 0 saturated heterocycles. The highest BCUT2D eigenvalue weighted by molar-refractivity contribution is 7.89. The van der Waals surface area contributed by atoms with Crippen LogP contribution in [0.4, 0.5) is 4.79 Å². The lowest BCUT2D eigenvalue weighted by molar-refractivity contribution is 0.0349. The SMILES string of the molecule is CCCC/C=C/CC(C)N(C(=O)OC(C)(C)C)S(=O)(=O)c1ccc(C)cc1. The standard InChI is InChI=1S/C21H33NO4S/c1-7-8-9-10-11-12-18(3)22(20(23)26-21(4,5)6)27(24,25)19-15-13-17(2)14-16-19/h10-11,13-16,18H,7-9,12H2,1-6H3/b11-10+. The van der Waals surface area contributed by atoms with Gasteiger partial charge in [-0.3, -0.25) is 0 Å². The van der Waals surface area contributed by atoms with Crippen molar-refractivity contribution >= 4 is 16.1 Å². The number of aryl methyl sites for hydroxylation is 1. The van der Waals surface area contributed by atoms with E-state index < -0.39 is 27.8 Å². The van der Waals surface area contributed by atoms with Crippen molar-refractivity contribution < 1.29 is 17.9 Å². The summed E-state index contributed by atoms with van der Waals surface area (Å²) in [5.74, 6) is 0. The van der Waals surface area contributed by atoms with Crippen molar-refractivity contribution in [2.24, 2.45) is 0 Å². The Morgan fingerprint density at radius 1 is 1.19 bits per heavy atom. The molecule has 0 radical (unpaired) electrons. The van der Waals surface area contributed by atoms with Crippen LogP contribution in [0.5, 0.6) is 0 Å². The zero-order valence-electron chi connectivity index (χ0n) is 17.4. The van der Waals surface area contributed by atoms with Crippen molar-refractivity contribution in [1.82, 2.24) is 4.31 Å².